The number of sulfonamides is 1. The first kappa shape index (κ1) is 15.2. The van der Waals surface area contributed by atoms with Gasteiger partial charge in [0.05, 0.1) is 12.0 Å². The summed E-state index contributed by atoms with van der Waals surface area (Å²) >= 11 is 0. The van der Waals surface area contributed by atoms with E-state index in [1.54, 1.807) is 0 Å². The first-order chi connectivity index (χ1) is 9.41. The minimum absolute atomic E-state index is 0.0178. The number of nitrogens with zero attached hydrogens (tertiary/aromatic N) is 1. The zero-order chi connectivity index (χ0) is 14.9. The van der Waals surface area contributed by atoms with Crippen LogP contribution in [-0.2, 0) is 10.0 Å². The molecule has 2 N–H and O–H groups in total. The van der Waals surface area contributed by atoms with Gasteiger partial charge in [0.2, 0.25) is 10.0 Å². The molecular formula is C13H19FN2O3S. The van der Waals surface area contributed by atoms with E-state index in [9.17, 15) is 12.8 Å². The predicted molar refractivity (Wildman–Crippen MR) is 73.5 cm³/mol. The van der Waals surface area contributed by atoms with Gasteiger partial charge in [-0.1, -0.05) is 0 Å². The number of halogens is 1. The highest BCUT2D eigenvalue weighted by Gasteiger charge is 2.38. The lowest BCUT2D eigenvalue weighted by Gasteiger charge is -2.26. The van der Waals surface area contributed by atoms with E-state index in [0.717, 1.165) is 18.9 Å². The molecule has 0 saturated heterocycles. The van der Waals surface area contributed by atoms with Crippen molar-refractivity contribution in [2.24, 2.45) is 11.7 Å². The van der Waals surface area contributed by atoms with Crippen molar-refractivity contribution in [1.82, 2.24) is 4.31 Å². The number of hydrogen-bond acceptors (Lipinski definition) is 4. The largest absolute Gasteiger partial charge is 0.494 e. The minimum atomic E-state index is -3.75. The Morgan fingerprint density at radius 2 is 2.15 bits per heavy atom. The van der Waals surface area contributed by atoms with E-state index in [2.05, 4.69) is 0 Å². The molecule has 5 nitrogen and oxygen atoms in total. The fourth-order valence-electron chi connectivity index (χ4n) is 2.27. The van der Waals surface area contributed by atoms with E-state index in [1.165, 1.54) is 30.6 Å². The number of hydrogen-bond donors (Lipinski definition) is 1. The highest BCUT2D eigenvalue weighted by molar-refractivity contribution is 7.89. The third-order valence-corrected chi connectivity index (χ3v) is 5.55. The normalized spacial score (nSPS) is 17.2. The molecule has 0 bridgehead atoms. The number of ether oxygens (including phenoxy) is 1. The second kappa shape index (κ2) is 5.67. The van der Waals surface area contributed by atoms with Crippen LogP contribution in [0.3, 0.4) is 0 Å². The summed E-state index contributed by atoms with van der Waals surface area (Å²) in [6.45, 7) is 0.263. The zero-order valence-corrected chi connectivity index (χ0v) is 12.4. The molecule has 0 aromatic heterocycles. The smallest absolute Gasteiger partial charge is 0.243 e. The lowest BCUT2D eigenvalue weighted by molar-refractivity contribution is 0.340. The molecule has 1 unspecified atom stereocenters. The molecule has 1 aromatic rings. The Morgan fingerprint density at radius 1 is 1.50 bits per heavy atom. The highest BCUT2D eigenvalue weighted by atomic mass is 32.2. The van der Waals surface area contributed by atoms with E-state index in [1.807, 2.05) is 0 Å². The summed E-state index contributed by atoms with van der Waals surface area (Å²) in [7, 11) is -0.922. The average molecular weight is 302 g/mol. The molecule has 0 spiro atoms. The molecule has 0 heterocycles. The van der Waals surface area contributed by atoms with Crippen molar-refractivity contribution in [3.8, 4) is 5.75 Å². The number of nitrogens with two attached hydrogens (primary N) is 1. The Bertz CT molecular complexity index is 587. The van der Waals surface area contributed by atoms with Crippen molar-refractivity contribution in [2.75, 3.05) is 20.7 Å². The average Bonchev–Trinajstić information content (AvgIpc) is 3.24. The summed E-state index contributed by atoms with van der Waals surface area (Å²) in [5.41, 5.74) is 5.66. The molecular weight excluding hydrogens is 283 g/mol. The Kier molecular flexibility index (Phi) is 4.31. The van der Waals surface area contributed by atoms with Gasteiger partial charge in [-0.2, -0.15) is 4.31 Å². The van der Waals surface area contributed by atoms with Crippen molar-refractivity contribution < 1.29 is 17.5 Å². The van der Waals surface area contributed by atoms with Crippen LogP contribution >= 0.6 is 0 Å². The Labute approximate surface area is 118 Å². The lowest BCUT2D eigenvalue weighted by Crippen LogP contribution is -2.43. The number of methoxy groups -OCH3 is 1. The molecule has 0 amide bonds. The van der Waals surface area contributed by atoms with Crippen LogP contribution in [0.1, 0.15) is 12.8 Å². The molecule has 7 heteroatoms. The summed E-state index contributed by atoms with van der Waals surface area (Å²) in [6, 6.07) is 3.40. The third kappa shape index (κ3) is 2.79. The lowest BCUT2D eigenvalue weighted by atomic mass is 10.2. The summed E-state index contributed by atoms with van der Waals surface area (Å²) in [4.78, 5) is -0.0857. The molecule has 0 aliphatic heterocycles. The topological polar surface area (TPSA) is 72.6 Å². The van der Waals surface area contributed by atoms with Gasteiger partial charge in [-0.3, -0.25) is 0 Å². The number of rotatable bonds is 6. The predicted octanol–water partition coefficient (Wildman–Crippen LogP) is 1.19. The van der Waals surface area contributed by atoms with Crippen LogP contribution in [0.15, 0.2) is 23.1 Å². The summed E-state index contributed by atoms with van der Waals surface area (Å²) in [5.74, 6) is -0.371. The molecule has 2 rings (SSSR count). The van der Waals surface area contributed by atoms with Crippen molar-refractivity contribution >= 4 is 10.0 Å². The van der Waals surface area contributed by atoms with Gasteiger partial charge in [0, 0.05) is 19.6 Å². The Morgan fingerprint density at radius 3 is 2.60 bits per heavy atom. The van der Waals surface area contributed by atoms with Gasteiger partial charge in [0.25, 0.3) is 0 Å². The zero-order valence-electron chi connectivity index (χ0n) is 11.5. The Hall–Kier alpha value is -1.18. The van der Waals surface area contributed by atoms with Gasteiger partial charge < -0.3 is 10.5 Å². The number of likely N-dealkylation sites (N-methyl/N-ethyl adjacent to an activating group) is 1. The van der Waals surface area contributed by atoms with Crippen LogP contribution in [0.5, 0.6) is 5.75 Å². The van der Waals surface area contributed by atoms with Crippen LogP contribution in [0, 0.1) is 11.7 Å². The van der Waals surface area contributed by atoms with Gasteiger partial charge in [0.1, 0.15) is 0 Å². The van der Waals surface area contributed by atoms with E-state index >= 15 is 0 Å². The monoisotopic (exact) mass is 302 g/mol. The van der Waals surface area contributed by atoms with Gasteiger partial charge in [-0.15, -0.1) is 0 Å². The van der Waals surface area contributed by atoms with E-state index in [-0.39, 0.29) is 23.2 Å². The van der Waals surface area contributed by atoms with Crippen LogP contribution in [0.4, 0.5) is 4.39 Å². The number of benzene rings is 1. The van der Waals surface area contributed by atoms with Gasteiger partial charge in [-0.05, 0) is 37.0 Å². The van der Waals surface area contributed by atoms with Crippen molar-refractivity contribution in [3.63, 3.8) is 0 Å². The summed E-state index contributed by atoms with van der Waals surface area (Å²) in [5, 5.41) is 0. The molecule has 1 aromatic carbocycles. The van der Waals surface area contributed by atoms with Crippen molar-refractivity contribution in [3.05, 3.63) is 24.0 Å². The van der Waals surface area contributed by atoms with Crippen molar-refractivity contribution in [1.29, 1.82) is 0 Å². The van der Waals surface area contributed by atoms with Gasteiger partial charge in [0.15, 0.2) is 11.6 Å². The van der Waals surface area contributed by atoms with Crippen molar-refractivity contribution in [2.45, 2.75) is 23.8 Å². The van der Waals surface area contributed by atoms with E-state index < -0.39 is 15.8 Å². The van der Waals surface area contributed by atoms with Gasteiger partial charge >= 0.3 is 0 Å². The maximum absolute atomic E-state index is 13.7. The maximum atomic E-state index is 13.7. The molecule has 0 radical (unpaired) electrons. The molecule has 1 aliphatic carbocycles. The van der Waals surface area contributed by atoms with E-state index in [4.69, 9.17) is 10.5 Å². The molecule has 1 fully saturated rings. The first-order valence-electron chi connectivity index (χ1n) is 6.43. The minimum Gasteiger partial charge on any atom is -0.494 e. The van der Waals surface area contributed by atoms with Crippen LogP contribution in [-0.4, -0.2) is 39.5 Å². The second-order valence-corrected chi connectivity index (χ2v) is 6.96. The Balaban J connectivity index is 2.31. The quantitative estimate of drug-likeness (QED) is 0.857. The van der Waals surface area contributed by atoms with Crippen LogP contribution in [0.2, 0.25) is 0 Å². The van der Waals surface area contributed by atoms with Crippen LogP contribution < -0.4 is 10.5 Å². The van der Waals surface area contributed by atoms with E-state index in [0.29, 0.717) is 5.92 Å². The fraction of sp³-hybridized carbons (Fsp3) is 0.538. The highest BCUT2D eigenvalue weighted by Crippen LogP contribution is 2.36. The maximum Gasteiger partial charge on any atom is 0.243 e. The molecule has 112 valence electrons. The summed E-state index contributed by atoms with van der Waals surface area (Å²) in [6.07, 6.45) is 1.97. The first-order valence-corrected chi connectivity index (χ1v) is 7.87. The fourth-order valence-corrected chi connectivity index (χ4v) is 3.71. The molecule has 1 aliphatic rings. The standard InChI is InChI=1S/C13H19FN2O3S/c1-16(12(8-15)9-3-4-9)20(17,18)10-5-6-13(19-2)11(14)7-10/h5-7,9,12H,3-4,8,15H2,1-2H3. The summed E-state index contributed by atoms with van der Waals surface area (Å²) < 4.78 is 44.7. The van der Waals surface area contributed by atoms with Crippen LogP contribution in [0.25, 0.3) is 0 Å². The molecule has 20 heavy (non-hydrogen) atoms. The second-order valence-electron chi connectivity index (χ2n) is 4.96. The molecule has 1 atom stereocenters. The third-order valence-electron chi connectivity index (χ3n) is 3.67. The SMILES string of the molecule is COc1ccc(S(=O)(=O)N(C)C(CN)C2CC2)cc1F. The van der Waals surface area contributed by atoms with Gasteiger partial charge in [-0.25, -0.2) is 12.8 Å². The molecule has 1 saturated carbocycles.